The summed E-state index contributed by atoms with van der Waals surface area (Å²) in [5.74, 6) is -0.288. The Morgan fingerprint density at radius 2 is 2.06 bits per heavy atom. The summed E-state index contributed by atoms with van der Waals surface area (Å²) in [5, 5.41) is 12.2. The molecule has 5 nitrogen and oxygen atoms in total. The number of aromatic nitrogens is 2. The minimum Gasteiger partial charge on any atom is -0.481 e. The van der Waals surface area contributed by atoms with Gasteiger partial charge in [-0.2, -0.15) is 0 Å². The number of para-hydroxylation sites is 1. The maximum Gasteiger partial charge on any atom is 0.313 e. The zero-order chi connectivity index (χ0) is 12.8. The van der Waals surface area contributed by atoms with Gasteiger partial charge in [0.1, 0.15) is 5.82 Å². The van der Waals surface area contributed by atoms with Crippen LogP contribution >= 0.6 is 11.8 Å². The first-order valence-electron chi connectivity index (χ1n) is 5.24. The van der Waals surface area contributed by atoms with Crippen LogP contribution in [0.15, 0.2) is 47.8 Å². The number of thioether (sulfide) groups is 1. The highest BCUT2D eigenvalue weighted by Crippen LogP contribution is 2.17. The highest BCUT2D eigenvalue weighted by atomic mass is 32.2. The minimum atomic E-state index is -0.884. The topological polar surface area (TPSA) is 75.1 Å². The van der Waals surface area contributed by atoms with E-state index in [1.165, 1.54) is 0 Å². The molecule has 0 fully saturated rings. The van der Waals surface area contributed by atoms with Crippen molar-refractivity contribution in [3.63, 3.8) is 0 Å². The van der Waals surface area contributed by atoms with Gasteiger partial charge in [-0.3, -0.25) is 4.79 Å². The Labute approximate surface area is 108 Å². The molecule has 1 aromatic carbocycles. The molecule has 0 atom stereocenters. The summed E-state index contributed by atoms with van der Waals surface area (Å²) in [6, 6.07) is 11.3. The number of rotatable bonds is 5. The van der Waals surface area contributed by atoms with E-state index < -0.39 is 5.97 Å². The summed E-state index contributed by atoms with van der Waals surface area (Å²) in [4.78, 5) is 18.7. The molecule has 0 bridgehead atoms. The number of hydrogen-bond donors (Lipinski definition) is 2. The number of benzene rings is 1. The lowest BCUT2D eigenvalue weighted by atomic mass is 10.3. The Morgan fingerprint density at radius 1 is 1.28 bits per heavy atom. The van der Waals surface area contributed by atoms with Crippen LogP contribution < -0.4 is 5.32 Å². The number of carboxylic acid groups (broad SMARTS) is 1. The second-order valence-electron chi connectivity index (χ2n) is 3.40. The maximum atomic E-state index is 10.5. The number of nitrogens with zero attached hydrogens (tertiary/aromatic N) is 2. The highest BCUT2D eigenvalue weighted by Gasteiger charge is 2.03. The molecule has 0 aliphatic heterocycles. The fourth-order valence-corrected chi connectivity index (χ4v) is 1.83. The largest absolute Gasteiger partial charge is 0.481 e. The van der Waals surface area contributed by atoms with Gasteiger partial charge in [-0.25, -0.2) is 9.97 Å². The van der Waals surface area contributed by atoms with Crippen molar-refractivity contribution in [2.24, 2.45) is 0 Å². The fourth-order valence-electron chi connectivity index (χ4n) is 1.28. The molecule has 0 radical (unpaired) electrons. The van der Waals surface area contributed by atoms with Gasteiger partial charge >= 0.3 is 5.97 Å². The van der Waals surface area contributed by atoms with Crippen LogP contribution in [0.1, 0.15) is 0 Å². The van der Waals surface area contributed by atoms with Crippen molar-refractivity contribution >= 4 is 29.2 Å². The Kier molecular flexibility index (Phi) is 4.14. The van der Waals surface area contributed by atoms with Gasteiger partial charge in [0, 0.05) is 11.9 Å². The Balaban J connectivity index is 2.05. The summed E-state index contributed by atoms with van der Waals surface area (Å²) in [7, 11) is 0. The highest BCUT2D eigenvalue weighted by molar-refractivity contribution is 7.99. The summed E-state index contributed by atoms with van der Waals surface area (Å²) in [5.41, 5.74) is 0.922. The average molecular weight is 261 g/mol. The first-order valence-corrected chi connectivity index (χ1v) is 6.22. The minimum absolute atomic E-state index is 0.0468. The molecule has 2 aromatic rings. The van der Waals surface area contributed by atoms with E-state index in [2.05, 4.69) is 15.3 Å². The van der Waals surface area contributed by atoms with Crippen LogP contribution in [0.25, 0.3) is 0 Å². The smallest absolute Gasteiger partial charge is 0.313 e. The molecule has 0 saturated carbocycles. The third-order valence-corrected chi connectivity index (χ3v) is 2.85. The molecule has 0 aliphatic carbocycles. The molecule has 92 valence electrons. The molecule has 0 spiro atoms. The van der Waals surface area contributed by atoms with Crippen LogP contribution in [0, 0.1) is 0 Å². The number of nitrogens with one attached hydrogen (secondary N) is 1. The number of aliphatic carboxylic acids is 1. The molecule has 18 heavy (non-hydrogen) atoms. The molecule has 6 heteroatoms. The van der Waals surface area contributed by atoms with Crippen molar-refractivity contribution in [1.29, 1.82) is 0 Å². The predicted octanol–water partition coefficient (Wildman–Crippen LogP) is 2.40. The summed E-state index contributed by atoms with van der Waals surface area (Å²) in [6.07, 6.45) is 1.60. The van der Waals surface area contributed by atoms with Gasteiger partial charge in [-0.1, -0.05) is 30.0 Å². The van der Waals surface area contributed by atoms with Crippen LogP contribution in [0.2, 0.25) is 0 Å². The van der Waals surface area contributed by atoms with Crippen molar-refractivity contribution in [2.75, 3.05) is 11.1 Å². The van der Waals surface area contributed by atoms with Crippen molar-refractivity contribution in [2.45, 2.75) is 5.16 Å². The summed E-state index contributed by atoms with van der Waals surface area (Å²) < 4.78 is 0. The van der Waals surface area contributed by atoms with Crippen LogP contribution in [0.5, 0.6) is 0 Å². The second-order valence-corrected chi connectivity index (χ2v) is 4.34. The number of anilines is 2. The van der Waals surface area contributed by atoms with E-state index in [4.69, 9.17) is 5.11 Å². The summed E-state index contributed by atoms with van der Waals surface area (Å²) in [6.45, 7) is 0. The zero-order valence-electron chi connectivity index (χ0n) is 9.41. The molecule has 0 unspecified atom stereocenters. The van der Waals surface area contributed by atoms with Gasteiger partial charge in [0.15, 0.2) is 5.16 Å². The third-order valence-electron chi connectivity index (χ3n) is 2.00. The van der Waals surface area contributed by atoms with E-state index in [9.17, 15) is 4.79 Å². The molecule has 0 saturated heterocycles. The molecule has 2 N–H and O–H groups in total. The van der Waals surface area contributed by atoms with E-state index in [0.29, 0.717) is 11.0 Å². The normalized spacial score (nSPS) is 10.0. The van der Waals surface area contributed by atoms with E-state index >= 15 is 0 Å². The first kappa shape index (κ1) is 12.4. The SMILES string of the molecule is O=C(O)CSc1nccc(Nc2ccccc2)n1. The molecule has 1 heterocycles. The van der Waals surface area contributed by atoms with Gasteiger partial charge in [0.25, 0.3) is 0 Å². The van der Waals surface area contributed by atoms with E-state index in [1.807, 2.05) is 30.3 Å². The predicted molar refractivity (Wildman–Crippen MR) is 70.1 cm³/mol. The van der Waals surface area contributed by atoms with Crippen molar-refractivity contribution in [1.82, 2.24) is 9.97 Å². The van der Waals surface area contributed by atoms with Crippen molar-refractivity contribution in [3.05, 3.63) is 42.6 Å². The zero-order valence-corrected chi connectivity index (χ0v) is 10.2. The molecule has 0 amide bonds. The Morgan fingerprint density at radius 3 is 2.78 bits per heavy atom. The number of carboxylic acids is 1. The van der Waals surface area contributed by atoms with Crippen LogP contribution in [-0.2, 0) is 4.79 Å². The van der Waals surface area contributed by atoms with Gasteiger partial charge in [-0.15, -0.1) is 0 Å². The van der Waals surface area contributed by atoms with Crippen LogP contribution in [0.3, 0.4) is 0 Å². The molecular weight excluding hydrogens is 250 g/mol. The maximum absolute atomic E-state index is 10.5. The molecule has 0 aliphatic rings. The van der Waals surface area contributed by atoms with E-state index in [1.54, 1.807) is 12.3 Å². The summed E-state index contributed by atoms with van der Waals surface area (Å²) >= 11 is 1.09. The Hall–Kier alpha value is -2.08. The number of hydrogen-bond acceptors (Lipinski definition) is 5. The van der Waals surface area contributed by atoms with Gasteiger partial charge in [0.2, 0.25) is 0 Å². The van der Waals surface area contributed by atoms with E-state index in [0.717, 1.165) is 17.4 Å². The van der Waals surface area contributed by atoms with Crippen molar-refractivity contribution in [3.8, 4) is 0 Å². The lowest BCUT2D eigenvalue weighted by Crippen LogP contribution is -2.00. The van der Waals surface area contributed by atoms with E-state index in [-0.39, 0.29) is 5.75 Å². The molecular formula is C12H11N3O2S. The first-order chi connectivity index (χ1) is 8.74. The lowest BCUT2D eigenvalue weighted by molar-refractivity contribution is -0.133. The van der Waals surface area contributed by atoms with Gasteiger partial charge in [0.05, 0.1) is 5.75 Å². The van der Waals surface area contributed by atoms with Crippen molar-refractivity contribution < 1.29 is 9.90 Å². The monoisotopic (exact) mass is 261 g/mol. The number of carbonyl (C=O) groups is 1. The van der Waals surface area contributed by atoms with Crippen LogP contribution in [0.4, 0.5) is 11.5 Å². The van der Waals surface area contributed by atoms with Gasteiger partial charge in [-0.05, 0) is 18.2 Å². The fraction of sp³-hybridized carbons (Fsp3) is 0.0833. The lowest BCUT2D eigenvalue weighted by Gasteiger charge is -2.05. The standard InChI is InChI=1S/C12H11N3O2S/c16-11(17)8-18-12-13-7-6-10(15-12)14-9-4-2-1-3-5-9/h1-7H,8H2,(H,16,17)(H,13,14,15). The molecule has 2 rings (SSSR count). The molecule has 1 aromatic heterocycles. The average Bonchev–Trinajstić information content (AvgIpc) is 2.38. The second kappa shape index (κ2) is 6.02. The quantitative estimate of drug-likeness (QED) is 0.636. The van der Waals surface area contributed by atoms with Crippen LogP contribution in [-0.4, -0.2) is 26.8 Å². The van der Waals surface area contributed by atoms with Gasteiger partial charge < -0.3 is 10.4 Å². The third kappa shape index (κ3) is 3.74. The Bertz CT molecular complexity index is 534.